The predicted octanol–water partition coefficient (Wildman–Crippen LogP) is -1.86. The fraction of sp³-hybridized carbons (Fsp3) is 0.800. The van der Waals surface area contributed by atoms with Gasteiger partial charge in [0.15, 0.2) is 0 Å². The Morgan fingerprint density at radius 3 is 2.40 bits per heavy atom. The summed E-state index contributed by atoms with van der Waals surface area (Å²) in [5.41, 5.74) is 5.10. The van der Waals surface area contributed by atoms with Crippen LogP contribution in [0.1, 0.15) is 6.42 Å². The molecule has 60 valence electrons. The average molecular weight is 149 g/mol. The van der Waals surface area contributed by atoms with Gasteiger partial charge in [-0.05, 0) is 0 Å². The first-order chi connectivity index (χ1) is 4.57. The van der Waals surface area contributed by atoms with Crippen molar-refractivity contribution in [2.75, 3.05) is 6.61 Å². The molecule has 0 rings (SSSR count). The van der Waals surface area contributed by atoms with Crippen LogP contribution in [-0.2, 0) is 4.79 Å². The topological polar surface area (TPSA) is 104 Å². The standard InChI is InChI=1S/C5H11NO4/c6-3(2-7)4(8)1-5(9)10/h3-4,7-8H,1-2,6H2,(H,9,10). The summed E-state index contributed by atoms with van der Waals surface area (Å²) in [6, 6.07) is -0.865. The smallest absolute Gasteiger partial charge is 0.306 e. The third-order valence-electron chi connectivity index (χ3n) is 1.09. The Morgan fingerprint density at radius 2 is 2.10 bits per heavy atom. The molecule has 0 aromatic carbocycles. The second-order valence-corrected chi connectivity index (χ2v) is 2.01. The molecule has 0 bridgehead atoms. The minimum Gasteiger partial charge on any atom is -0.481 e. The van der Waals surface area contributed by atoms with E-state index >= 15 is 0 Å². The van der Waals surface area contributed by atoms with Crippen molar-refractivity contribution in [2.45, 2.75) is 18.6 Å². The van der Waals surface area contributed by atoms with Crippen LogP contribution in [0, 0.1) is 0 Å². The van der Waals surface area contributed by atoms with Crippen molar-refractivity contribution in [3.8, 4) is 0 Å². The second-order valence-electron chi connectivity index (χ2n) is 2.01. The van der Waals surface area contributed by atoms with Gasteiger partial charge in [0.25, 0.3) is 0 Å². The zero-order chi connectivity index (χ0) is 8.15. The monoisotopic (exact) mass is 149 g/mol. The molecule has 0 radical (unpaired) electrons. The Balaban J connectivity index is 3.61. The Hall–Kier alpha value is -0.650. The first kappa shape index (κ1) is 9.35. The lowest BCUT2D eigenvalue weighted by atomic mass is 10.1. The van der Waals surface area contributed by atoms with Crippen LogP contribution in [0.3, 0.4) is 0 Å². The lowest BCUT2D eigenvalue weighted by Crippen LogP contribution is -2.39. The number of nitrogens with two attached hydrogens (primary N) is 1. The Morgan fingerprint density at radius 1 is 1.60 bits per heavy atom. The van der Waals surface area contributed by atoms with E-state index in [1.54, 1.807) is 0 Å². The fourth-order valence-electron chi connectivity index (χ4n) is 0.452. The molecule has 0 heterocycles. The molecular formula is C5H11NO4. The van der Waals surface area contributed by atoms with Gasteiger partial charge in [0, 0.05) is 0 Å². The maximum absolute atomic E-state index is 9.93. The third-order valence-corrected chi connectivity index (χ3v) is 1.09. The number of carboxylic acid groups (broad SMARTS) is 1. The summed E-state index contributed by atoms with van der Waals surface area (Å²) in [5.74, 6) is -1.13. The van der Waals surface area contributed by atoms with Crippen LogP contribution in [0.25, 0.3) is 0 Å². The number of hydrogen-bond donors (Lipinski definition) is 4. The number of carboxylic acids is 1. The fourth-order valence-corrected chi connectivity index (χ4v) is 0.452. The molecule has 0 aliphatic rings. The largest absolute Gasteiger partial charge is 0.481 e. The average Bonchev–Trinajstić information content (AvgIpc) is 1.85. The number of aliphatic hydroxyl groups excluding tert-OH is 2. The molecule has 0 fully saturated rings. The van der Waals surface area contributed by atoms with E-state index in [0.29, 0.717) is 0 Å². The molecule has 5 N–H and O–H groups in total. The van der Waals surface area contributed by atoms with Crippen molar-refractivity contribution < 1.29 is 20.1 Å². The lowest BCUT2D eigenvalue weighted by molar-refractivity contribution is -0.139. The van der Waals surface area contributed by atoms with Gasteiger partial charge in [-0.3, -0.25) is 4.79 Å². The normalized spacial score (nSPS) is 16.3. The second kappa shape index (κ2) is 4.21. The van der Waals surface area contributed by atoms with Crippen molar-refractivity contribution in [1.82, 2.24) is 0 Å². The highest BCUT2D eigenvalue weighted by atomic mass is 16.4. The summed E-state index contributed by atoms with van der Waals surface area (Å²) in [6.07, 6.45) is -1.59. The van der Waals surface area contributed by atoms with E-state index in [-0.39, 0.29) is 0 Å². The van der Waals surface area contributed by atoms with Crippen LogP contribution in [0.5, 0.6) is 0 Å². The van der Waals surface area contributed by atoms with Gasteiger partial charge < -0.3 is 21.1 Å². The lowest BCUT2D eigenvalue weighted by Gasteiger charge is -2.13. The molecule has 5 nitrogen and oxygen atoms in total. The molecule has 0 aromatic heterocycles. The number of carbonyl (C=O) groups is 1. The molecule has 10 heavy (non-hydrogen) atoms. The number of aliphatic carboxylic acids is 1. The Kier molecular flexibility index (Phi) is 3.94. The molecule has 0 aromatic rings. The molecule has 0 aliphatic heterocycles. The van der Waals surface area contributed by atoms with Crippen LogP contribution in [0.2, 0.25) is 0 Å². The minimum atomic E-state index is -1.16. The number of hydrogen-bond acceptors (Lipinski definition) is 4. The Labute approximate surface area is 58.1 Å². The summed E-state index contributed by atoms with van der Waals surface area (Å²) in [5, 5.41) is 25.3. The highest BCUT2D eigenvalue weighted by Gasteiger charge is 2.16. The van der Waals surface area contributed by atoms with E-state index in [1.807, 2.05) is 0 Å². The molecule has 5 heteroatoms. The van der Waals surface area contributed by atoms with Crippen molar-refractivity contribution in [2.24, 2.45) is 5.73 Å². The summed E-state index contributed by atoms with van der Waals surface area (Å²) in [6.45, 7) is -0.408. The number of aliphatic hydroxyl groups is 2. The molecular weight excluding hydrogens is 138 g/mol. The molecule has 0 spiro atoms. The van der Waals surface area contributed by atoms with E-state index in [9.17, 15) is 4.79 Å². The van der Waals surface area contributed by atoms with Crippen molar-refractivity contribution in [3.05, 3.63) is 0 Å². The first-order valence-corrected chi connectivity index (χ1v) is 2.84. The quantitative estimate of drug-likeness (QED) is 0.375. The summed E-state index contributed by atoms with van der Waals surface area (Å²) in [7, 11) is 0. The highest BCUT2D eigenvalue weighted by Crippen LogP contribution is 1.94. The van der Waals surface area contributed by atoms with Gasteiger partial charge in [-0.25, -0.2) is 0 Å². The predicted molar refractivity (Wildman–Crippen MR) is 33.3 cm³/mol. The van der Waals surface area contributed by atoms with Gasteiger partial charge in [0.1, 0.15) is 0 Å². The van der Waals surface area contributed by atoms with Crippen LogP contribution < -0.4 is 5.73 Å². The van der Waals surface area contributed by atoms with Gasteiger partial charge in [0.05, 0.1) is 25.2 Å². The molecule has 0 aliphatic carbocycles. The van der Waals surface area contributed by atoms with E-state index in [1.165, 1.54) is 0 Å². The van der Waals surface area contributed by atoms with E-state index in [0.717, 1.165) is 0 Å². The Bertz CT molecular complexity index is 116. The molecule has 2 atom stereocenters. The van der Waals surface area contributed by atoms with Crippen LogP contribution in [0.4, 0.5) is 0 Å². The number of rotatable bonds is 4. The maximum Gasteiger partial charge on any atom is 0.306 e. The van der Waals surface area contributed by atoms with Crippen molar-refractivity contribution >= 4 is 5.97 Å². The molecule has 0 saturated carbocycles. The van der Waals surface area contributed by atoms with Crippen molar-refractivity contribution in [3.63, 3.8) is 0 Å². The van der Waals surface area contributed by atoms with E-state index in [4.69, 9.17) is 21.1 Å². The van der Waals surface area contributed by atoms with Gasteiger partial charge in [-0.2, -0.15) is 0 Å². The summed E-state index contributed by atoms with van der Waals surface area (Å²) < 4.78 is 0. The van der Waals surface area contributed by atoms with E-state index < -0.39 is 31.1 Å². The van der Waals surface area contributed by atoms with Crippen molar-refractivity contribution in [1.29, 1.82) is 0 Å². The van der Waals surface area contributed by atoms with Gasteiger partial charge in [-0.1, -0.05) is 0 Å². The minimum absolute atomic E-state index is 0.408. The maximum atomic E-state index is 9.93. The van der Waals surface area contributed by atoms with Gasteiger partial charge >= 0.3 is 5.97 Å². The zero-order valence-corrected chi connectivity index (χ0v) is 5.40. The molecule has 0 saturated heterocycles. The SMILES string of the molecule is NC(CO)C(O)CC(=O)O. The molecule has 2 unspecified atom stereocenters. The summed E-state index contributed by atoms with van der Waals surface area (Å²) in [4.78, 5) is 9.93. The zero-order valence-electron chi connectivity index (χ0n) is 5.40. The van der Waals surface area contributed by atoms with Crippen LogP contribution >= 0.6 is 0 Å². The van der Waals surface area contributed by atoms with Gasteiger partial charge in [0.2, 0.25) is 0 Å². The van der Waals surface area contributed by atoms with E-state index in [2.05, 4.69) is 0 Å². The third kappa shape index (κ3) is 3.39. The van der Waals surface area contributed by atoms with Crippen LogP contribution in [0.15, 0.2) is 0 Å². The first-order valence-electron chi connectivity index (χ1n) is 2.84. The van der Waals surface area contributed by atoms with Crippen LogP contribution in [-0.4, -0.2) is 40.0 Å². The molecule has 0 amide bonds. The van der Waals surface area contributed by atoms with Gasteiger partial charge in [-0.15, -0.1) is 0 Å². The summed E-state index contributed by atoms with van der Waals surface area (Å²) >= 11 is 0. The highest BCUT2D eigenvalue weighted by molar-refractivity contribution is 5.67.